The number of nitro groups is 1. The van der Waals surface area contributed by atoms with E-state index in [1.165, 1.54) is 0 Å². The summed E-state index contributed by atoms with van der Waals surface area (Å²) in [5.74, 6) is 1.38. The molecule has 12 heteroatoms. The van der Waals surface area contributed by atoms with Gasteiger partial charge in [0.15, 0.2) is 11.4 Å². The zero-order chi connectivity index (χ0) is 22.3. The molecule has 1 aromatic carbocycles. The van der Waals surface area contributed by atoms with Crippen LogP contribution in [0, 0.1) is 17.0 Å². The first kappa shape index (κ1) is 20.6. The Hall–Kier alpha value is -3.70. The lowest BCUT2D eigenvalue weighted by molar-refractivity contribution is -0.385. The Labute approximate surface area is 173 Å². The van der Waals surface area contributed by atoms with Gasteiger partial charge in [0.1, 0.15) is 24.9 Å². The number of nitrogens with zero attached hydrogens (tertiary/aromatic N) is 4. The molecule has 3 aromatic rings. The fraction of sp³-hybridized carbons (Fsp3) is 0.316. The Morgan fingerprint density at radius 3 is 2.58 bits per heavy atom. The number of benzene rings is 1. The lowest BCUT2D eigenvalue weighted by Gasteiger charge is -2.20. The minimum Gasteiger partial charge on any atom is -0.484 e. The highest BCUT2D eigenvalue weighted by Crippen LogP contribution is 2.36. The molecule has 31 heavy (non-hydrogen) atoms. The molecule has 0 spiro atoms. The number of rotatable bonds is 4. The zero-order valence-corrected chi connectivity index (χ0v) is 16.4. The van der Waals surface area contributed by atoms with Gasteiger partial charge < -0.3 is 14.8 Å². The largest absolute Gasteiger partial charge is 0.484 e. The highest BCUT2D eigenvalue weighted by molar-refractivity contribution is 5.88. The molecule has 2 aromatic heterocycles. The summed E-state index contributed by atoms with van der Waals surface area (Å²) in [5.41, 5.74) is -1.35. The van der Waals surface area contributed by atoms with E-state index in [2.05, 4.69) is 20.3 Å². The average Bonchev–Trinajstić information content (AvgIpc) is 2.71. The number of hydrogen-bond donors (Lipinski definition) is 1. The number of aromatic nitrogens is 3. The summed E-state index contributed by atoms with van der Waals surface area (Å²) in [6.07, 6.45) is -4.72. The van der Waals surface area contributed by atoms with Gasteiger partial charge in [0.2, 0.25) is 0 Å². The van der Waals surface area contributed by atoms with E-state index in [0.29, 0.717) is 53.6 Å². The molecule has 0 radical (unpaired) electrons. The summed E-state index contributed by atoms with van der Waals surface area (Å²) >= 11 is 0. The smallest absolute Gasteiger partial charge is 0.416 e. The Morgan fingerprint density at radius 1 is 1.13 bits per heavy atom. The van der Waals surface area contributed by atoms with Gasteiger partial charge in [-0.15, -0.1) is 0 Å². The van der Waals surface area contributed by atoms with Gasteiger partial charge in [-0.25, -0.2) is 9.97 Å². The predicted molar refractivity (Wildman–Crippen MR) is 103 cm³/mol. The monoisotopic (exact) mass is 435 g/mol. The van der Waals surface area contributed by atoms with E-state index in [1.54, 1.807) is 19.9 Å². The number of fused-ring (bicyclic) bond motifs is 2. The summed E-state index contributed by atoms with van der Waals surface area (Å²) in [4.78, 5) is 23.2. The zero-order valence-electron chi connectivity index (χ0n) is 16.4. The maximum absolute atomic E-state index is 13.2. The lowest BCUT2D eigenvalue weighted by atomic mass is 10.0. The number of hydrogen-bond acceptors (Lipinski definition) is 8. The molecule has 0 fully saturated rings. The van der Waals surface area contributed by atoms with Crippen LogP contribution in [-0.2, 0) is 6.18 Å². The molecule has 1 N–H and O–H groups in total. The number of nitrogens with one attached hydrogen (secondary N) is 1. The number of pyridine rings is 1. The fourth-order valence-electron chi connectivity index (χ4n) is 3.18. The van der Waals surface area contributed by atoms with Gasteiger partial charge in [0, 0.05) is 18.2 Å². The van der Waals surface area contributed by atoms with Crippen LogP contribution in [-0.4, -0.2) is 33.1 Å². The van der Waals surface area contributed by atoms with Crippen LogP contribution in [0.4, 0.5) is 24.7 Å². The van der Waals surface area contributed by atoms with Gasteiger partial charge in [-0.2, -0.15) is 18.2 Å². The Balaban J connectivity index is 1.75. The highest BCUT2D eigenvalue weighted by atomic mass is 19.4. The SMILES string of the molecule is Cc1nc(N[C@H](C)c2cc([N+](=O)[O-])cc(C(F)(F)F)c2)c2cc3c(nc2n1)OCCO3. The predicted octanol–water partition coefficient (Wildman–Crippen LogP) is 4.20. The molecule has 162 valence electrons. The van der Waals surface area contributed by atoms with Crippen LogP contribution in [0.25, 0.3) is 11.0 Å². The first-order chi connectivity index (χ1) is 14.6. The summed E-state index contributed by atoms with van der Waals surface area (Å²) in [5, 5.41) is 14.6. The molecule has 0 saturated heterocycles. The Bertz CT molecular complexity index is 1190. The van der Waals surface area contributed by atoms with Gasteiger partial charge in [-0.05, 0) is 25.5 Å². The number of ether oxygens (including phenoxy) is 2. The van der Waals surface area contributed by atoms with Crippen LogP contribution in [0.3, 0.4) is 0 Å². The van der Waals surface area contributed by atoms with Crippen molar-refractivity contribution in [1.82, 2.24) is 15.0 Å². The molecule has 0 amide bonds. The number of aryl methyl sites for hydroxylation is 1. The maximum atomic E-state index is 13.2. The number of nitro benzene ring substituents is 1. The highest BCUT2D eigenvalue weighted by Gasteiger charge is 2.33. The minimum absolute atomic E-state index is 0.0800. The lowest BCUT2D eigenvalue weighted by Crippen LogP contribution is -2.17. The van der Waals surface area contributed by atoms with E-state index in [-0.39, 0.29) is 5.56 Å². The number of anilines is 1. The molecule has 1 aliphatic heterocycles. The van der Waals surface area contributed by atoms with Crippen molar-refractivity contribution >= 4 is 22.5 Å². The first-order valence-corrected chi connectivity index (χ1v) is 9.20. The van der Waals surface area contributed by atoms with Gasteiger partial charge in [-0.1, -0.05) is 0 Å². The van der Waals surface area contributed by atoms with Gasteiger partial charge >= 0.3 is 6.18 Å². The summed E-state index contributed by atoms with van der Waals surface area (Å²) < 4.78 is 50.7. The van der Waals surface area contributed by atoms with E-state index in [4.69, 9.17) is 9.47 Å². The summed E-state index contributed by atoms with van der Waals surface area (Å²) in [7, 11) is 0. The Kier molecular flexibility index (Phi) is 4.99. The van der Waals surface area contributed by atoms with Crippen LogP contribution < -0.4 is 14.8 Å². The molecule has 0 unspecified atom stereocenters. The third-order valence-corrected chi connectivity index (χ3v) is 4.64. The van der Waals surface area contributed by atoms with Crippen molar-refractivity contribution in [2.75, 3.05) is 18.5 Å². The van der Waals surface area contributed by atoms with Crippen molar-refractivity contribution in [3.8, 4) is 11.6 Å². The molecular weight excluding hydrogens is 419 g/mol. The fourth-order valence-corrected chi connectivity index (χ4v) is 3.18. The van der Waals surface area contributed by atoms with Crippen molar-refractivity contribution in [3.63, 3.8) is 0 Å². The van der Waals surface area contributed by atoms with E-state index < -0.39 is 28.4 Å². The topological polar surface area (TPSA) is 112 Å². The molecule has 3 heterocycles. The second-order valence-electron chi connectivity index (χ2n) is 6.91. The second-order valence-corrected chi connectivity index (χ2v) is 6.91. The molecule has 1 atom stereocenters. The number of alkyl halides is 3. The van der Waals surface area contributed by atoms with Crippen LogP contribution in [0.5, 0.6) is 11.6 Å². The summed E-state index contributed by atoms with van der Waals surface area (Å²) in [6.45, 7) is 3.92. The van der Waals surface area contributed by atoms with Gasteiger partial charge in [-0.3, -0.25) is 10.1 Å². The first-order valence-electron chi connectivity index (χ1n) is 9.20. The van der Waals surface area contributed by atoms with Crippen molar-refractivity contribution in [2.45, 2.75) is 26.1 Å². The number of non-ortho nitro benzene ring substituents is 1. The normalized spacial score (nSPS) is 14.4. The summed E-state index contributed by atoms with van der Waals surface area (Å²) in [6, 6.07) is 3.37. The molecule has 1 aliphatic rings. The molecule has 0 aliphatic carbocycles. The standard InChI is InChI=1S/C19H16F3N5O4/c1-9(11-5-12(19(20,21)22)7-13(6-11)27(28)29)23-16-14-8-15-18(31-4-3-30-15)26-17(14)25-10(2)24-16/h5-9H,3-4H2,1-2H3,(H,23,24,25,26)/t9-/m1/s1. The third kappa shape index (κ3) is 4.13. The van der Waals surface area contributed by atoms with Crippen molar-refractivity contribution in [1.29, 1.82) is 0 Å². The van der Waals surface area contributed by atoms with Crippen LogP contribution in [0.15, 0.2) is 24.3 Å². The number of halogens is 3. The Morgan fingerprint density at radius 2 is 1.87 bits per heavy atom. The molecular formula is C19H16F3N5O4. The molecule has 9 nitrogen and oxygen atoms in total. The van der Waals surface area contributed by atoms with Gasteiger partial charge in [0.25, 0.3) is 11.6 Å². The van der Waals surface area contributed by atoms with Crippen LogP contribution in [0.1, 0.15) is 29.9 Å². The van der Waals surface area contributed by atoms with E-state index in [9.17, 15) is 23.3 Å². The average molecular weight is 435 g/mol. The molecule has 0 saturated carbocycles. The van der Waals surface area contributed by atoms with E-state index >= 15 is 0 Å². The molecule has 4 rings (SSSR count). The van der Waals surface area contributed by atoms with E-state index in [0.717, 1.165) is 12.1 Å². The quantitative estimate of drug-likeness (QED) is 0.479. The van der Waals surface area contributed by atoms with E-state index in [1.807, 2.05) is 0 Å². The van der Waals surface area contributed by atoms with Crippen molar-refractivity contribution in [2.24, 2.45) is 0 Å². The van der Waals surface area contributed by atoms with Crippen molar-refractivity contribution in [3.05, 3.63) is 51.3 Å². The molecule has 0 bridgehead atoms. The third-order valence-electron chi connectivity index (χ3n) is 4.64. The minimum atomic E-state index is -4.72. The van der Waals surface area contributed by atoms with Crippen molar-refractivity contribution < 1.29 is 27.6 Å². The van der Waals surface area contributed by atoms with Gasteiger partial charge in [0.05, 0.1) is 21.9 Å². The van der Waals surface area contributed by atoms with Crippen LogP contribution >= 0.6 is 0 Å². The second kappa shape index (κ2) is 7.52. The van der Waals surface area contributed by atoms with Crippen LogP contribution in [0.2, 0.25) is 0 Å². The maximum Gasteiger partial charge on any atom is 0.416 e.